The number of halogens is 1. The molecule has 0 radical (unpaired) electrons. The number of anilines is 1. The molecule has 3 aromatic rings. The molecular formula is C19H17FN2O3S2. The van der Waals surface area contributed by atoms with Gasteiger partial charge < -0.3 is 5.32 Å². The van der Waals surface area contributed by atoms with Crippen LogP contribution in [0.3, 0.4) is 0 Å². The van der Waals surface area contributed by atoms with Crippen LogP contribution in [0.25, 0.3) is 0 Å². The molecule has 0 fully saturated rings. The number of carbonyl (C=O) groups excluding carboxylic acids is 1. The van der Waals surface area contributed by atoms with Crippen LogP contribution < -0.4 is 10.0 Å². The van der Waals surface area contributed by atoms with E-state index in [2.05, 4.69) is 10.0 Å². The van der Waals surface area contributed by atoms with Crippen LogP contribution in [0.2, 0.25) is 0 Å². The highest BCUT2D eigenvalue weighted by Gasteiger charge is 2.19. The van der Waals surface area contributed by atoms with Gasteiger partial charge in [-0.2, -0.15) is 0 Å². The van der Waals surface area contributed by atoms with Crippen LogP contribution in [0, 0.1) is 12.7 Å². The van der Waals surface area contributed by atoms with Gasteiger partial charge in [0, 0.05) is 10.4 Å². The average molecular weight is 404 g/mol. The zero-order valence-electron chi connectivity index (χ0n) is 14.4. The minimum absolute atomic E-state index is 0.113. The van der Waals surface area contributed by atoms with Crippen LogP contribution in [0.4, 0.5) is 10.1 Å². The van der Waals surface area contributed by atoms with Crippen molar-refractivity contribution in [2.75, 3.05) is 4.72 Å². The Morgan fingerprint density at radius 2 is 1.89 bits per heavy atom. The van der Waals surface area contributed by atoms with Gasteiger partial charge >= 0.3 is 0 Å². The summed E-state index contributed by atoms with van der Waals surface area (Å²) in [5.41, 5.74) is 0.744. The number of hydrogen-bond donors (Lipinski definition) is 2. The quantitative estimate of drug-likeness (QED) is 0.654. The maximum atomic E-state index is 13.8. The number of carbonyl (C=O) groups is 1. The summed E-state index contributed by atoms with van der Waals surface area (Å²) in [6.07, 6.45) is 0. The van der Waals surface area contributed by atoms with Gasteiger partial charge in [-0.15, -0.1) is 11.3 Å². The second-order valence-corrected chi connectivity index (χ2v) is 8.54. The Morgan fingerprint density at radius 1 is 1.11 bits per heavy atom. The van der Waals surface area contributed by atoms with Crippen molar-refractivity contribution >= 4 is 33.0 Å². The Bertz CT molecular complexity index is 1060. The number of amides is 1. The first kappa shape index (κ1) is 19.1. The summed E-state index contributed by atoms with van der Waals surface area (Å²) in [5, 5.41) is 4.69. The van der Waals surface area contributed by atoms with E-state index in [9.17, 15) is 17.6 Å². The smallest absolute Gasteiger partial charge is 0.262 e. The molecule has 5 nitrogen and oxygen atoms in total. The van der Waals surface area contributed by atoms with E-state index >= 15 is 0 Å². The summed E-state index contributed by atoms with van der Waals surface area (Å²) < 4.78 is 41.1. The Hall–Kier alpha value is -2.71. The number of para-hydroxylation sites is 1. The lowest BCUT2D eigenvalue weighted by molar-refractivity contribution is 0.0950. The van der Waals surface area contributed by atoms with Crippen molar-refractivity contribution in [2.24, 2.45) is 0 Å². The molecule has 1 aromatic heterocycles. The normalized spacial score (nSPS) is 11.2. The third-order valence-electron chi connectivity index (χ3n) is 3.89. The van der Waals surface area contributed by atoms with E-state index < -0.39 is 15.8 Å². The van der Waals surface area contributed by atoms with E-state index in [-0.39, 0.29) is 22.1 Å². The first-order chi connectivity index (χ1) is 12.9. The molecule has 0 saturated carbocycles. The van der Waals surface area contributed by atoms with Gasteiger partial charge in [-0.3, -0.25) is 9.52 Å². The van der Waals surface area contributed by atoms with Crippen LogP contribution >= 0.6 is 11.3 Å². The maximum absolute atomic E-state index is 13.8. The standard InChI is InChI=1S/C19H17FN2O3S2/c1-13-8-9-15(27(24,25)22-18-7-3-2-6-17(18)20)11-16(13)19(23)21-12-14-5-4-10-26-14/h2-11,22H,12H2,1H3,(H,21,23). The van der Waals surface area contributed by atoms with E-state index in [1.165, 1.54) is 41.7 Å². The molecule has 27 heavy (non-hydrogen) atoms. The summed E-state index contributed by atoms with van der Waals surface area (Å²) in [5.74, 6) is -1.05. The van der Waals surface area contributed by atoms with Gasteiger partial charge in [-0.05, 0) is 48.2 Å². The Kier molecular flexibility index (Phi) is 5.57. The molecular weight excluding hydrogens is 387 g/mol. The van der Waals surface area contributed by atoms with Crippen molar-refractivity contribution in [3.05, 3.63) is 81.8 Å². The largest absolute Gasteiger partial charge is 0.347 e. The molecule has 1 heterocycles. The van der Waals surface area contributed by atoms with Crippen molar-refractivity contribution in [3.63, 3.8) is 0 Å². The first-order valence-electron chi connectivity index (χ1n) is 8.05. The summed E-state index contributed by atoms with van der Waals surface area (Å²) in [4.78, 5) is 13.3. The highest BCUT2D eigenvalue weighted by atomic mass is 32.2. The molecule has 0 aliphatic rings. The number of nitrogens with one attached hydrogen (secondary N) is 2. The number of aryl methyl sites for hydroxylation is 1. The van der Waals surface area contributed by atoms with Crippen LogP contribution in [0.5, 0.6) is 0 Å². The molecule has 0 aliphatic heterocycles. The monoisotopic (exact) mass is 404 g/mol. The average Bonchev–Trinajstić information content (AvgIpc) is 3.15. The lowest BCUT2D eigenvalue weighted by atomic mass is 10.1. The summed E-state index contributed by atoms with van der Waals surface area (Å²) in [7, 11) is -4.03. The number of rotatable bonds is 6. The lowest BCUT2D eigenvalue weighted by Gasteiger charge is -2.12. The maximum Gasteiger partial charge on any atom is 0.262 e. The fraction of sp³-hybridized carbons (Fsp3) is 0.105. The minimum Gasteiger partial charge on any atom is -0.347 e. The van der Waals surface area contributed by atoms with Crippen LogP contribution in [0.15, 0.2) is 64.9 Å². The van der Waals surface area contributed by atoms with Crippen molar-refractivity contribution in [1.29, 1.82) is 0 Å². The fourth-order valence-electron chi connectivity index (χ4n) is 2.44. The van der Waals surface area contributed by atoms with E-state index in [0.717, 1.165) is 10.9 Å². The molecule has 0 atom stereocenters. The van der Waals surface area contributed by atoms with E-state index in [0.29, 0.717) is 12.1 Å². The van der Waals surface area contributed by atoms with Gasteiger partial charge in [0.05, 0.1) is 17.1 Å². The van der Waals surface area contributed by atoms with Gasteiger partial charge in [-0.1, -0.05) is 24.3 Å². The molecule has 0 unspecified atom stereocenters. The highest BCUT2D eigenvalue weighted by Crippen LogP contribution is 2.21. The summed E-state index contributed by atoms with van der Waals surface area (Å²) >= 11 is 1.52. The van der Waals surface area contributed by atoms with E-state index in [1.54, 1.807) is 13.0 Å². The van der Waals surface area contributed by atoms with E-state index in [1.807, 2.05) is 17.5 Å². The minimum atomic E-state index is -4.03. The highest BCUT2D eigenvalue weighted by molar-refractivity contribution is 7.92. The molecule has 2 N–H and O–H groups in total. The molecule has 1 amide bonds. The molecule has 0 bridgehead atoms. The predicted octanol–water partition coefficient (Wildman–Crippen LogP) is 3.93. The lowest BCUT2D eigenvalue weighted by Crippen LogP contribution is -2.24. The molecule has 140 valence electrons. The first-order valence-corrected chi connectivity index (χ1v) is 10.4. The molecule has 8 heteroatoms. The molecule has 2 aromatic carbocycles. The van der Waals surface area contributed by atoms with Crippen LogP contribution in [-0.2, 0) is 16.6 Å². The molecule has 0 saturated heterocycles. The Labute approximate surface area is 160 Å². The van der Waals surface area contributed by atoms with Gasteiger partial charge in [0.1, 0.15) is 5.82 Å². The zero-order chi connectivity index (χ0) is 19.4. The van der Waals surface area contributed by atoms with Gasteiger partial charge in [0.2, 0.25) is 0 Å². The summed E-state index contributed by atoms with van der Waals surface area (Å²) in [6, 6.07) is 13.5. The number of sulfonamides is 1. The Balaban J connectivity index is 1.83. The third-order valence-corrected chi connectivity index (χ3v) is 6.12. The molecule has 0 aliphatic carbocycles. The third kappa shape index (κ3) is 4.53. The van der Waals surface area contributed by atoms with Gasteiger partial charge in [0.15, 0.2) is 0 Å². The SMILES string of the molecule is Cc1ccc(S(=O)(=O)Nc2ccccc2F)cc1C(=O)NCc1cccs1. The molecule has 0 spiro atoms. The van der Waals surface area contributed by atoms with E-state index in [4.69, 9.17) is 0 Å². The van der Waals surface area contributed by atoms with Crippen LogP contribution in [-0.4, -0.2) is 14.3 Å². The van der Waals surface area contributed by atoms with Gasteiger partial charge in [-0.25, -0.2) is 12.8 Å². The Morgan fingerprint density at radius 3 is 2.59 bits per heavy atom. The number of hydrogen-bond acceptors (Lipinski definition) is 4. The zero-order valence-corrected chi connectivity index (χ0v) is 16.0. The van der Waals surface area contributed by atoms with Crippen molar-refractivity contribution in [3.8, 4) is 0 Å². The van der Waals surface area contributed by atoms with Gasteiger partial charge in [0.25, 0.3) is 15.9 Å². The number of benzene rings is 2. The topological polar surface area (TPSA) is 75.3 Å². The van der Waals surface area contributed by atoms with Crippen molar-refractivity contribution < 1.29 is 17.6 Å². The second-order valence-electron chi connectivity index (χ2n) is 5.82. The fourth-order valence-corrected chi connectivity index (χ4v) is 4.17. The predicted molar refractivity (Wildman–Crippen MR) is 104 cm³/mol. The molecule has 3 rings (SSSR count). The number of thiophene rings is 1. The summed E-state index contributed by atoms with van der Waals surface area (Å²) in [6.45, 7) is 2.08. The van der Waals surface area contributed by atoms with Crippen LogP contribution in [0.1, 0.15) is 20.8 Å². The van der Waals surface area contributed by atoms with Crippen molar-refractivity contribution in [2.45, 2.75) is 18.4 Å². The second kappa shape index (κ2) is 7.89. The van der Waals surface area contributed by atoms with Crippen molar-refractivity contribution in [1.82, 2.24) is 5.32 Å².